The minimum Gasteiger partial charge on any atom is -0.359 e. The van der Waals surface area contributed by atoms with Crippen molar-refractivity contribution in [2.24, 2.45) is 11.8 Å². The van der Waals surface area contributed by atoms with Crippen molar-refractivity contribution >= 4 is 11.6 Å². The number of aryl methyl sites for hydroxylation is 2. The monoisotopic (exact) mass is 449 g/mol. The lowest BCUT2D eigenvalue weighted by Crippen LogP contribution is -2.46. The summed E-state index contributed by atoms with van der Waals surface area (Å²) in [6.45, 7) is 7.32. The predicted octanol–water partition coefficient (Wildman–Crippen LogP) is 5.39. The molecule has 1 amide bonds. The van der Waals surface area contributed by atoms with Crippen molar-refractivity contribution in [1.29, 1.82) is 0 Å². The molecule has 2 heterocycles. The summed E-state index contributed by atoms with van der Waals surface area (Å²) in [6.07, 6.45) is 1.40. The van der Waals surface area contributed by atoms with E-state index in [1.54, 1.807) is 6.07 Å². The number of carbonyl (C=O) groups excluding carboxylic acids is 1. The van der Waals surface area contributed by atoms with Crippen molar-refractivity contribution in [3.8, 4) is 11.3 Å². The molecular formula is C27H32FN3O2. The Morgan fingerprint density at radius 3 is 2.52 bits per heavy atom. The Labute approximate surface area is 195 Å². The third kappa shape index (κ3) is 5.01. The predicted molar refractivity (Wildman–Crippen MR) is 129 cm³/mol. The van der Waals surface area contributed by atoms with E-state index in [-0.39, 0.29) is 23.6 Å². The number of anilines is 1. The first kappa shape index (κ1) is 23.2. The van der Waals surface area contributed by atoms with Gasteiger partial charge < -0.3 is 14.3 Å². The zero-order valence-electron chi connectivity index (χ0n) is 20.1. The standard InChI is InChI=1S/C27H32FN3O2/c1-17-11-22(25-14-23(33-29-25)16-30(4)5)12-18(2)26(17)31-15-20(10-19(3)27(31)32)13-21-8-6-7-9-24(21)28/h6-9,11-12,14,19-20H,10,13,15-16H2,1-5H3/t19-,20-/m1/s1. The van der Waals surface area contributed by atoms with Gasteiger partial charge in [0, 0.05) is 29.8 Å². The zero-order chi connectivity index (χ0) is 23.7. The normalized spacial score (nSPS) is 18.9. The molecule has 2 aromatic carbocycles. The van der Waals surface area contributed by atoms with E-state index in [1.807, 2.05) is 62.9 Å². The van der Waals surface area contributed by atoms with E-state index in [1.165, 1.54) is 6.07 Å². The topological polar surface area (TPSA) is 49.6 Å². The second kappa shape index (κ2) is 9.48. The largest absolute Gasteiger partial charge is 0.359 e. The molecule has 1 saturated heterocycles. The molecule has 1 aliphatic heterocycles. The van der Waals surface area contributed by atoms with Crippen LogP contribution in [0.5, 0.6) is 0 Å². The van der Waals surface area contributed by atoms with Gasteiger partial charge in [-0.2, -0.15) is 0 Å². The third-order valence-electron chi connectivity index (χ3n) is 6.37. The number of amides is 1. The van der Waals surface area contributed by atoms with Crippen LogP contribution in [0.2, 0.25) is 0 Å². The molecule has 1 fully saturated rings. The molecule has 3 aromatic rings. The van der Waals surface area contributed by atoms with Gasteiger partial charge in [-0.3, -0.25) is 4.79 Å². The van der Waals surface area contributed by atoms with Crippen LogP contribution < -0.4 is 4.90 Å². The third-order valence-corrected chi connectivity index (χ3v) is 6.37. The van der Waals surface area contributed by atoms with Crippen LogP contribution in [0.3, 0.4) is 0 Å². The summed E-state index contributed by atoms with van der Waals surface area (Å²) in [5.41, 5.74) is 5.48. The van der Waals surface area contributed by atoms with Crippen molar-refractivity contribution in [2.45, 2.75) is 40.2 Å². The Morgan fingerprint density at radius 1 is 1.15 bits per heavy atom. The number of aromatic nitrogens is 1. The fraction of sp³-hybridized carbons (Fsp3) is 0.407. The van der Waals surface area contributed by atoms with Gasteiger partial charge in [-0.05, 0) is 81.6 Å². The molecule has 1 aromatic heterocycles. The molecule has 0 bridgehead atoms. The molecule has 0 unspecified atom stereocenters. The number of piperidine rings is 1. The van der Waals surface area contributed by atoms with E-state index in [4.69, 9.17) is 4.52 Å². The number of hydrogen-bond acceptors (Lipinski definition) is 4. The Balaban J connectivity index is 1.60. The number of rotatable bonds is 6. The van der Waals surface area contributed by atoms with Crippen molar-refractivity contribution < 1.29 is 13.7 Å². The molecule has 6 heteroatoms. The minimum atomic E-state index is -0.174. The summed E-state index contributed by atoms with van der Waals surface area (Å²) in [6, 6.07) is 13.0. The zero-order valence-corrected chi connectivity index (χ0v) is 20.1. The highest BCUT2D eigenvalue weighted by atomic mass is 19.1. The molecule has 4 rings (SSSR count). The van der Waals surface area contributed by atoms with E-state index in [2.05, 4.69) is 17.3 Å². The van der Waals surface area contributed by atoms with Crippen LogP contribution >= 0.6 is 0 Å². The summed E-state index contributed by atoms with van der Waals surface area (Å²) in [5, 5.41) is 4.24. The molecule has 0 radical (unpaired) electrons. The smallest absolute Gasteiger partial charge is 0.229 e. The van der Waals surface area contributed by atoms with Crippen LogP contribution in [0.25, 0.3) is 11.3 Å². The van der Waals surface area contributed by atoms with Crippen LogP contribution in [0.4, 0.5) is 10.1 Å². The lowest BCUT2D eigenvalue weighted by molar-refractivity contribution is -0.124. The van der Waals surface area contributed by atoms with E-state index in [0.717, 1.165) is 40.3 Å². The number of halogens is 1. The van der Waals surface area contributed by atoms with Gasteiger partial charge in [-0.1, -0.05) is 30.3 Å². The Kier molecular flexibility index (Phi) is 6.66. The van der Waals surface area contributed by atoms with Gasteiger partial charge in [0.05, 0.1) is 6.54 Å². The van der Waals surface area contributed by atoms with Gasteiger partial charge in [0.1, 0.15) is 11.5 Å². The molecule has 0 N–H and O–H groups in total. The second-order valence-electron chi connectivity index (χ2n) is 9.62. The van der Waals surface area contributed by atoms with E-state index >= 15 is 0 Å². The SMILES string of the molecule is Cc1cc(-c2cc(CN(C)C)on2)cc(C)c1N1C[C@@H](Cc2ccccc2F)C[C@@H](C)C1=O. The van der Waals surface area contributed by atoms with Crippen molar-refractivity contribution in [2.75, 3.05) is 25.5 Å². The van der Waals surface area contributed by atoms with Gasteiger partial charge in [0.2, 0.25) is 5.91 Å². The number of benzene rings is 2. The average molecular weight is 450 g/mol. The summed E-state index contributed by atoms with van der Waals surface area (Å²) in [4.78, 5) is 17.1. The molecule has 174 valence electrons. The summed E-state index contributed by atoms with van der Waals surface area (Å²) in [7, 11) is 3.97. The summed E-state index contributed by atoms with van der Waals surface area (Å²) < 4.78 is 19.7. The van der Waals surface area contributed by atoms with Crippen LogP contribution in [0.1, 0.15) is 35.8 Å². The highest BCUT2D eigenvalue weighted by molar-refractivity contribution is 5.97. The molecule has 33 heavy (non-hydrogen) atoms. The Hall–Kier alpha value is -2.99. The van der Waals surface area contributed by atoms with Crippen LogP contribution in [-0.4, -0.2) is 36.6 Å². The van der Waals surface area contributed by atoms with Crippen LogP contribution in [-0.2, 0) is 17.8 Å². The van der Waals surface area contributed by atoms with Gasteiger partial charge in [-0.15, -0.1) is 0 Å². The Morgan fingerprint density at radius 2 is 1.85 bits per heavy atom. The molecule has 1 aliphatic rings. The first-order valence-electron chi connectivity index (χ1n) is 11.5. The van der Waals surface area contributed by atoms with Crippen LogP contribution in [0.15, 0.2) is 47.0 Å². The quantitative estimate of drug-likeness (QED) is 0.506. The number of hydrogen-bond donors (Lipinski definition) is 0. The summed E-state index contributed by atoms with van der Waals surface area (Å²) >= 11 is 0. The maximum Gasteiger partial charge on any atom is 0.229 e. The van der Waals surface area contributed by atoms with E-state index in [0.29, 0.717) is 25.1 Å². The molecule has 5 nitrogen and oxygen atoms in total. The molecule has 2 atom stereocenters. The van der Waals surface area contributed by atoms with Gasteiger partial charge in [0.25, 0.3) is 0 Å². The van der Waals surface area contributed by atoms with Gasteiger partial charge in [0.15, 0.2) is 5.76 Å². The van der Waals surface area contributed by atoms with Gasteiger partial charge in [-0.25, -0.2) is 4.39 Å². The van der Waals surface area contributed by atoms with Crippen molar-refractivity contribution in [3.63, 3.8) is 0 Å². The molecular weight excluding hydrogens is 417 g/mol. The summed E-state index contributed by atoms with van der Waals surface area (Å²) in [5.74, 6) is 0.876. The number of nitrogens with zero attached hydrogens (tertiary/aromatic N) is 3. The fourth-order valence-electron chi connectivity index (χ4n) is 4.98. The Bertz CT molecular complexity index is 1130. The lowest BCUT2D eigenvalue weighted by Gasteiger charge is -2.38. The van der Waals surface area contributed by atoms with E-state index in [9.17, 15) is 9.18 Å². The highest BCUT2D eigenvalue weighted by Crippen LogP contribution is 2.36. The maximum absolute atomic E-state index is 14.2. The first-order chi connectivity index (χ1) is 15.7. The highest BCUT2D eigenvalue weighted by Gasteiger charge is 2.34. The molecule has 0 saturated carbocycles. The van der Waals surface area contributed by atoms with Crippen LogP contribution in [0, 0.1) is 31.5 Å². The average Bonchev–Trinajstić information content (AvgIpc) is 3.20. The molecule has 0 aliphatic carbocycles. The maximum atomic E-state index is 14.2. The van der Waals surface area contributed by atoms with E-state index < -0.39 is 0 Å². The first-order valence-corrected chi connectivity index (χ1v) is 11.5. The lowest BCUT2D eigenvalue weighted by atomic mass is 9.84. The second-order valence-corrected chi connectivity index (χ2v) is 9.62. The number of carbonyl (C=O) groups is 1. The fourth-order valence-corrected chi connectivity index (χ4v) is 4.98. The molecule has 0 spiro atoms. The van der Waals surface area contributed by atoms with Gasteiger partial charge >= 0.3 is 0 Å². The van der Waals surface area contributed by atoms with Crippen molar-refractivity contribution in [1.82, 2.24) is 10.1 Å². The minimum absolute atomic E-state index is 0.0990. The van der Waals surface area contributed by atoms with Crippen molar-refractivity contribution in [3.05, 3.63) is 70.7 Å².